The van der Waals surface area contributed by atoms with Crippen LogP contribution < -0.4 is 5.32 Å². The highest BCUT2D eigenvalue weighted by atomic mass is 16.6. The zero-order chi connectivity index (χ0) is 16.3. The van der Waals surface area contributed by atoms with Crippen molar-refractivity contribution in [1.82, 2.24) is 5.32 Å². The van der Waals surface area contributed by atoms with E-state index in [4.69, 9.17) is 5.11 Å². The maximum Gasteiger partial charge on any atom is 0.335 e. The number of nitrogens with one attached hydrogen (secondary N) is 1. The van der Waals surface area contributed by atoms with E-state index in [1.165, 1.54) is 0 Å². The van der Waals surface area contributed by atoms with Crippen molar-refractivity contribution in [3.8, 4) is 0 Å². The van der Waals surface area contributed by atoms with Gasteiger partial charge < -0.3 is 10.4 Å². The van der Waals surface area contributed by atoms with E-state index < -0.39 is 22.5 Å². The Hall–Kier alpha value is -2.44. The third-order valence-corrected chi connectivity index (χ3v) is 4.01. The first kappa shape index (κ1) is 15.9. The van der Waals surface area contributed by atoms with Crippen molar-refractivity contribution in [2.75, 3.05) is 0 Å². The van der Waals surface area contributed by atoms with Crippen LogP contribution in [0.3, 0.4) is 0 Å². The number of carbonyl (C=O) groups excluding carboxylic acids is 1. The Balaban J connectivity index is 2.28. The first-order valence-corrected chi connectivity index (χ1v) is 7.16. The van der Waals surface area contributed by atoms with Gasteiger partial charge in [0.2, 0.25) is 0 Å². The van der Waals surface area contributed by atoms with Crippen LogP contribution in [0.4, 0.5) is 5.69 Å². The highest BCUT2D eigenvalue weighted by molar-refractivity contribution is 5.98. The summed E-state index contributed by atoms with van der Waals surface area (Å²) in [5, 5.41) is 22.8. The number of hydrogen-bond donors (Lipinski definition) is 2. The van der Waals surface area contributed by atoms with Gasteiger partial charge in [0.1, 0.15) is 0 Å². The molecular weight excluding hydrogens is 288 g/mol. The summed E-state index contributed by atoms with van der Waals surface area (Å²) in [4.78, 5) is 33.6. The van der Waals surface area contributed by atoms with Gasteiger partial charge in [-0.15, -0.1) is 0 Å². The third kappa shape index (κ3) is 3.60. The van der Waals surface area contributed by atoms with Gasteiger partial charge >= 0.3 is 5.97 Å². The molecule has 0 atom stereocenters. The summed E-state index contributed by atoms with van der Waals surface area (Å²) in [6.07, 6.45) is 4.86. The molecular formula is C15H18N2O5. The number of carbonyl (C=O) groups is 2. The molecule has 0 aromatic heterocycles. The predicted octanol–water partition coefficient (Wildman–Crippen LogP) is 2.75. The number of benzene rings is 1. The number of carboxylic acid groups (broad SMARTS) is 1. The van der Waals surface area contributed by atoms with E-state index in [-0.39, 0.29) is 16.7 Å². The van der Waals surface area contributed by atoms with Crippen molar-refractivity contribution < 1.29 is 19.6 Å². The second-order valence-corrected chi connectivity index (χ2v) is 5.91. The Bertz CT molecular complexity index is 588. The lowest BCUT2D eigenvalue weighted by Gasteiger charge is -2.34. The molecule has 2 rings (SSSR count). The van der Waals surface area contributed by atoms with Gasteiger partial charge in [-0.25, -0.2) is 4.79 Å². The first-order valence-electron chi connectivity index (χ1n) is 7.16. The molecule has 1 aromatic carbocycles. The van der Waals surface area contributed by atoms with E-state index in [0.717, 1.165) is 50.3 Å². The zero-order valence-corrected chi connectivity index (χ0v) is 12.3. The minimum atomic E-state index is -1.30. The van der Waals surface area contributed by atoms with Crippen LogP contribution in [0.5, 0.6) is 0 Å². The van der Waals surface area contributed by atoms with Crippen molar-refractivity contribution in [3.63, 3.8) is 0 Å². The number of nitro groups is 1. The van der Waals surface area contributed by atoms with E-state index >= 15 is 0 Å². The molecule has 1 saturated carbocycles. The SMILES string of the molecule is CC1(NC(=O)c2cc(C(=O)O)cc([N+](=O)[O-])c2)CCCCC1. The quantitative estimate of drug-likeness (QED) is 0.656. The van der Waals surface area contributed by atoms with Crippen LogP contribution in [0.2, 0.25) is 0 Å². The molecule has 0 saturated heterocycles. The summed E-state index contributed by atoms with van der Waals surface area (Å²) in [5.41, 5.74) is -1.02. The maximum atomic E-state index is 12.3. The molecule has 0 unspecified atom stereocenters. The van der Waals surface area contributed by atoms with E-state index in [1.807, 2.05) is 6.92 Å². The van der Waals surface area contributed by atoms with Crippen molar-refractivity contribution in [3.05, 3.63) is 39.4 Å². The molecule has 1 fully saturated rings. The Labute approximate surface area is 127 Å². The number of non-ortho nitro benzene ring substituents is 1. The minimum Gasteiger partial charge on any atom is -0.478 e. The molecule has 0 spiro atoms. The Morgan fingerprint density at radius 1 is 1.18 bits per heavy atom. The van der Waals surface area contributed by atoms with Gasteiger partial charge in [-0.3, -0.25) is 14.9 Å². The molecule has 0 bridgehead atoms. The minimum absolute atomic E-state index is 0.00148. The smallest absolute Gasteiger partial charge is 0.335 e. The van der Waals surface area contributed by atoms with Crippen molar-refractivity contribution >= 4 is 17.6 Å². The number of nitrogens with zero attached hydrogens (tertiary/aromatic N) is 1. The molecule has 22 heavy (non-hydrogen) atoms. The van der Waals surface area contributed by atoms with Gasteiger partial charge in [-0.05, 0) is 25.8 Å². The molecule has 1 aromatic rings. The van der Waals surface area contributed by atoms with Crippen LogP contribution in [0, 0.1) is 10.1 Å². The average Bonchev–Trinajstić information content (AvgIpc) is 2.46. The molecule has 1 amide bonds. The summed E-state index contributed by atoms with van der Waals surface area (Å²) in [7, 11) is 0. The van der Waals surface area contributed by atoms with Gasteiger partial charge in [0.15, 0.2) is 0 Å². The van der Waals surface area contributed by atoms with Crippen LogP contribution in [0.15, 0.2) is 18.2 Å². The summed E-state index contributed by atoms with van der Waals surface area (Å²) in [6, 6.07) is 3.21. The van der Waals surface area contributed by atoms with E-state index in [0.29, 0.717) is 0 Å². The lowest BCUT2D eigenvalue weighted by Crippen LogP contribution is -2.47. The molecule has 0 radical (unpaired) electrons. The topological polar surface area (TPSA) is 110 Å². The second-order valence-electron chi connectivity index (χ2n) is 5.91. The van der Waals surface area contributed by atoms with Gasteiger partial charge in [0.05, 0.1) is 10.5 Å². The molecule has 1 aliphatic rings. The number of amides is 1. The van der Waals surface area contributed by atoms with Gasteiger partial charge in [-0.2, -0.15) is 0 Å². The average molecular weight is 306 g/mol. The Kier molecular flexibility index (Phi) is 4.44. The number of nitro benzene ring substituents is 1. The molecule has 1 aliphatic carbocycles. The Morgan fingerprint density at radius 2 is 1.77 bits per heavy atom. The lowest BCUT2D eigenvalue weighted by molar-refractivity contribution is -0.384. The molecule has 7 nitrogen and oxygen atoms in total. The predicted molar refractivity (Wildman–Crippen MR) is 79.0 cm³/mol. The van der Waals surface area contributed by atoms with Crippen LogP contribution in [-0.2, 0) is 0 Å². The van der Waals surface area contributed by atoms with Crippen molar-refractivity contribution in [2.45, 2.75) is 44.6 Å². The molecule has 0 heterocycles. The highest BCUT2D eigenvalue weighted by Crippen LogP contribution is 2.28. The van der Waals surface area contributed by atoms with Crippen LogP contribution in [0.1, 0.15) is 59.7 Å². The summed E-state index contributed by atoms with van der Waals surface area (Å²) in [5.74, 6) is -1.78. The van der Waals surface area contributed by atoms with E-state index in [2.05, 4.69) is 5.32 Å². The van der Waals surface area contributed by atoms with Crippen LogP contribution in [-0.4, -0.2) is 27.4 Å². The van der Waals surface area contributed by atoms with Gasteiger partial charge in [0, 0.05) is 23.2 Å². The van der Waals surface area contributed by atoms with Gasteiger partial charge in [-0.1, -0.05) is 19.3 Å². The third-order valence-electron chi connectivity index (χ3n) is 4.01. The standard InChI is InChI=1S/C15H18N2O5/c1-15(5-3-2-4-6-15)16-13(18)10-7-11(14(19)20)9-12(8-10)17(21)22/h7-9H,2-6H2,1H3,(H,16,18)(H,19,20). The first-order chi connectivity index (χ1) is 10.3. The lowest BCUT2D eigenvalue weighted by atomic mass is 9.83. The van der Waals surface area contributed by atoms with Crippen LogP contribution >= 0.6 is 0 Å². The highest BCUT2D eigenvalue weighted by Gasteiger charge is 2.29. The number of rotatable bonds is 4. The molecule has 2 N–H and O–H groups in total. The Morgan fingerprint density at radius 3 is 2.32 bits per heavy atom. The second kappa shape index (κ2) is 6.13. The maximum absolute atomic E-state index is 12.3. The summed E-state index contributed by atoms with van der Waals surface area (Å²) in [6.45, 7) is 1.94. The van der Waals surface area contributed by atoms with Crippen molar-refractivity contribution in [2.24, 2.45) is 0 Å². The fraction of sp³-hybridized carbons (Fsp3) is 0.467. The van der Waals surface area contributed by atoms with E-state index in [1.54, 1.807) is 0 Å². The molecule has 0 aliphatic heterocycles. The summed E-state index contributed by atoms with van der Waals surface area (Å²) >= 11 is 0. The van der Waals surface area contributed by atoms with Gasteiger partial charge in [0.25, 0.3) is 11.6 Å². The van der Waals surface area contributed by atoms with Crippen LogP contribution in [0.25, 0.3) is 0 Å². The zero-order valence-electron chi connectivity index (χ0n) is 12.3. The molecule has 7 heteroatoms. The summed E-state index contributed by atoms with van der Waals surface area (Å²) < 4.78 is 0. The monoisotopic (exact) mass is 306 g/mol. The van der Waals surface area contributed by atoms with Crippen molar-refractivity contribution in [1.29, 1.82) is 0 Å². The molecule has 118 valence electrons. The normalized spacial score (nSPS) is 16.8. The largest absolute Gasteiger partial charge is 0.478 e. The fourth-order valence-electron chi connectivity index (χ4n) is 2.77. The number of hydrogen-bond acceptors (Lipinski definition) is 4. The fourth-order valence-corrected chi connectivity index (χ4v) is 2.77. The number of aromatic carboxylic acids is 1. The number of carboxylic acids is 1. The van der Waals surface area contributed by atoms with E-state index in [9.17, 15) is 19.7 Å².